The van der Waals surface area contributed by atoms with Gasteiger partial charge in [0.25, 0.3) is 11.6 Å². The normalized spacial score (nSPS) is 11.9. The molecule has 7 heteroatoms. The van der Waals surface area contributed by atoms with E-state index < -0.39 is 10.8 Å². The van der Waals surface area contributed by atoms with Crippen molar-refractivity contribution in [3.05, 3.63) is 69.8 Å². The summed E-state index contributed by atoms with van der Waals surface area (Å²) in [6.07, 6.45) is 2.41. The molecule has 0 heterocycles. The van der Waals surface area contributed by atoms with Crippen LogP contribution in [0.5, 0.6) is 5.75 Å². The first-order chi connectivity index (χ1) is 12.0. The van der Waals surface area contributed by atoms with Gasteiger partial charge in [-0.25, -0.2) is 5.43 Å². The molecule has 130 valence electrons. The van der Waals surface area contributed by atoms with Crippen LogP contribution >= 0.6 is 0 Å². The summed E-state index contributed by atoms with van der Waals surface area (Å²) in [6, 6.07) is 12.8. The molecule has 2 aromatic carbocycles. The van der Waals surface area contributed by atoms with Gasteiger partial charge in [0.1, 0.15) is 5.75 Å². The average Bonchev–Trinajstić information content (AvgIpc) is 2.63. The summed E-state index contributed by atoms with van der Waals surface area (Å²) < 4.78 is 5.80. The molecule has 0 aromatic heterocycles. The lowest BCUT2D eigenvalue weighted by atomic mass is 10.2. The van der Waals surface area contributed by atoms with E-state index in [-0.39, 0.29) is 17.4 Å². The summed E-state index contributed by atoms with van der Waals surface area (Å²) in [7, 11) is 0. The SMILES string of the molecule is CC[C@@H](C)Oc1ccccc1/C=N\NC(=O)c1cccc([N+](=O)[O-])c1. The van der Waals surface area contributed by atoms with E-state index in [9.17, 15) is 14.9 Å². The highest BCUT2D eigenvalue weighted by Gasteiger charge is 2.11. The monoisotopic (exact) mass is 341 g/mol. The van der Waals surface area contributed by atoms with E-state index in [1.807, 2.05) is 38.1 Å². The number of carbonyl (C=O) groups excluding carboxylic acids is 1. The van der Waals surface area contributed by atoms with Crippen LogP contribution in [0.25, 0.3) is 0 Å². The van der Waals surface area contributed by atoms with Gasteiger partial charge in [0.2, 0.25) is 0 Å². The van der Waals surface area contributed by atoms with Gasteiger partial charge in [-0.05, 0) is 31.5 Å². The van der Waals surface area contributed by atoms with Crippen molar-refractivity contribution in [1.29, 1.82) is 0 Å². The van der Waals surface area contributed by atoms with Gasteiger partial charge >= 0.3 is 0 Å². The molecule has 2 aromatic rings. The number of hydrogen-bond donors (Lipinski definition) is 1. The van der Waals surface area contributed by atoms with Crippen molar-refractivity contribution in [3.63, 3.8) is 0 Å². The van der Waals surface area contributed by atoms with Crippen LogP contribution in [0.15, 0.2) is 53.6 Å². The second-order valence-corrected chi connectivity index (χ2v) is 5.38. The number of ether oxygens (including phenoxy) is 1. The van der Waals surface area contributed by atoms with Crippen molar-refractivity contribution in [2.75, 3.05) is 0 Å². The van der Waals surface area contributed by atoms with Crippen LogP contribution in [-0.4, -0.2) is 23.1 Å². The number of para-hydroxylation sites is 1. The third-order valence-electron chi connectivity index (χ3n) is 3.51. The van der Waals surface area contributed by atoms with Crippen LogP contribution < -0.4 is 10.2 Å². The Labute approximate surface area is 145 Å². The van der Waals surface area contributed by atoms with Crippen LogP contribution in [0, 0.1) is 10.1 Å². The molecule has 0 fully saturated rings. The van der Waals surface area contributed by atoms with E-state index >= 15 is 0 Å². The molecular weight excluding hydrogens is 322 g/mol. The van der Waals surface area contributed by atoms with Crippen LogP contribution in [0.4, 0.5) is 5.69 Å². The predicted octanol–water partition coefficient (Wildman–Crippen LogP) is 3.54. The van der Waals surface area contributed by atoms with Crippen LogP contribution in [0.3, 0.4) is 0 Å². The van der Waals surface area contributed by atoms with E-state index in [1.165, 1.54) is 30.5 Å². The predicted molar refractivity (Wildman–Crippen MR) is 95.0 cm³/mol. The highest BCUT2D eigenvalue weighted by molar-refractivity contribution is 5.95. The Kier molecular flexibility index (Phi) is 6.22. The molecule has 0 saturated carbocycles. The molecule has 1 N–H and O–H groups in total. The van der Waals surface area contributed by atoms with Crippen molar-refractivity contribution >= 4 is 17.8 Å². The topological polar surface area (TPSA) is 93.8 Å². The number of benzene rings is 2. The number of nitrogens with zero attached hydrogens (tertiary/aromatic N) is 2. The molecule has 0 spiro atoms. The van der Waals surface area contributed by atoms with Gasteiger partial charge in [-0.2, -0.15) is 5.10 Å². The van der Waals surface area contributed by atoms with Gasteiger partial charge in [0, 0.05) is 23.3 Å². The lowest BCUT2D eigenvalue weighted by Gasteiger charge is -2.14. The first-order valence-corrected chi connectivity index (χ1v) is 7.84. The molecule has 0 aliphatic rings. The maximum absolute atomic E-state index is 12.0. The zero-order valence-electron chi connectivity index (χ0n) is 14.0. The maximum Gasteiger partial charge on any atom is 0.271 e. The second kappa shape index (κ2) is 8.58. The van der Waals surface area contributed by atoms with Gasteiger partial charge in [0.05, 0.1) is 17.2 Å². The number of hydrogen-bond acceptors (Lipinski definition) is 5. The van der Waals surface area contributed by atoms with Gasteiger partial charge in [0.15, 0.2) is 0 Å². The van der Waals surface area contributed by atoms with Crippen LogP contribution in [0.2, 0.25) is 0 Å². The van der Waals surface area contributed by atoms with E-state index in [4.69, 9.17) is 4.74 Å². The highest BCUT2D eigenvalue weighted by Crippen LogP contribution is 2.18. The smallest absolute Gasteiger partial charge is 0.271 e. The van der Waals surface area contributed by atoms with Crippen molar-refractivity contribution in [1.82, 2.24) is 5.43 Å². The van der Waals surface area contributed by atoms with Gasteiger partial charge < -0.3 is 4.74 Å². The molecule has 7 nitrogen and oxygen atoms in total. The summed E-state index contributed by atoms with van der Waals surface area (Å²) >= 11 is 0. The quantitative estimate of drug-likeness (QED) is 0.473. The molecule has 0 unspecified atom stereocenters. The summed E-state index contributed by atoms with van der Waals surface area (Å²) in [4.78, 5) is 22.2. The molecule has 25 heavy (non-hydrogen) atoms. The Balaban J connectivity index is 2.07. The van der Waals surface area contributed by atoms with E-state index in [0.717, 1.165) is 12.0 Å². The maximum atomic E-state index is 12.0. The molecule has 0 aliphatic carbocycles. The van der Waals surface area contributed by atoms with Crippen molar-refractivity contribution in [3.8, 4) is 5.75 Å². The fourth-order valence-electron chi connectivity index (χ4n) is 1.98. The van der Waals surface area contributed by atoms with Crippen molar-refractivity contribution < 1.29 is 14.5 Å². The molecular formula is C18H19N3O4. The summed E-state index contributed by atoms with van der Waals surface area (Å²) in [5, 5.41) is 14.7. The fraction of sp³-hybridized carbons (Fsp3) is 0.222. The summed E-state index contributed by atoms with van der Waals surface area (Å²) in [6.45, 7) is 4.00. The number of nitrogens with one attached hydrogen (secondary N) is 1. The number of non-ortho nitro benzene ring substituents is 1. The second-order valence-electron chi connectivity index (χ2n) is 5.38. The Morgan fingerprint density at radius 3 is 2.80 bits per heavy atom. The third-order valence-corrected chi connectivity index (χ3v) is 3.51. The van der Waals surface area contributed by atoms with Crippen LogP contribution in [0.1, 0.15) is 36.2 Å². The lowest BCUT2D eigenvalue weighted by Crippen LogP contribution is -2.18. The standard InChI is InChI=1S/C18H19N3O4/c1-3-13(2)25-17-10-5-4-7-15(17)12-19-20-18(22)14-8-6-9-16(11-14)21(23)24/h4-13H,3H2,1-2H3,(H,20,22)/b19-12-/t13-/m1/s1. The summed E-state index contributed by atoms with van der Waals surface area (Å²) in [5.74, 6) is 0.144. The Morgan fingerprint density at radius 1 is 1.32 bits per heavy atom. The summed E-state index contributed by atoms with van der Waals surface area (Å²) in [5.41, 5.74) is 3.10. The molecule has 0 bridgehead atoms. The molecule has 0 aliphatic heterocycles. The number of nitro benzene ring substituents is 1. The third kappa shape index (κ3) is 5.13. The van der Waals surface area contributed by atoms with Crippen molar-refractivity contribution in [2.24, 2.45) is 5.10 Å². The molecule has 0 radical (unpaired) electrons. The number of rotatable bonds is 7. The minimum Gasteiger partial charge on any atom is -0.490 e. The average molecular weight is 341 g/mol. The minimum absolute atomic E-state index is 0.0639. The Hall–Kier alpha value is -3.22. The Morgan fingerprint density at radius 2 is 2.08 bits per heavy atom. The minimum atomic E-state index is -0.553. The Bertz CT molecular complexity index is 789. The van der Waals surface area contributed by atoms with E-state index in [1.54, 1.807) is 0 Å². The van der Waals surface area contributed by atoms with Crippen LogP contribution in [-0.2, 0) is 0 Å². The van der Waals surface area contributed by atoms with E-state index in [0.29, 0.717) is 5.75 Å². The number of hydrazone groups is 1. The van der Waals surface area contributed by atoms with Gasteiger partial charge in [-0.1, -0.05) is 25.1 Å². The molecule has 1 atom stereocenters. The first kappa shape index (κ1) is 18.1. The van der Waals surface area contributed by atoms with Gasteiger partial charge in [-0.15, -0.1) is 0 Å². The van der Waals surface area contributed by atoms with Gasteiger partial charge in [-0.3, -0.25) is 14.9 Å². The van der Waals surface area contributed by atoms with E-state index in [2.05, 4.69) is 10.5 Å². The lowest BCUT2D eigenvalue weighted by molar-refractivity contribution is -0.384. The van der Waals surface area contributed by atoms with Crippen molar-refractivity contribution in [2.45, 2.75) is 26.4 Å². The largest absolute Gasteiger partial charge is 0.490 e. The first-order valence-electron chi connectivity index (χ1n) is 7.84. The molecule has 2 rings (SSSR count). The molecule has 0 saturated heterocycles. The zero-order chi connectivity index (χ0) is 18.2. The molecule has 1 amide bonds. The highest BCUT2D eigenvalue weighted by atomic mass is 16.6. The number of amides is 1. The number of carbonyl (C=O) groups is 1. The zero-order valence-corrected chi connectivity index (χ0v) is 14.0. The number of nitro groups is 1. The fourth-order valence-corrected chi connectivity index (χ4v) is 1.98.